The second-order valence-electron chi connectivity index (χ2n) is 4.04. The van der Waals surface area contributed by atoms with Gasteiger partial charge in [-0.1, -0.05) is 12.1 Å². The Hall–Kier alpha value is -1.82. The molecule has 0 saturated carbocycles. The Morgan fingerprint density at radius 3 is 2.68 bits per heavy atom. The summed E-state index contributed by atoms with van der Waals surface area (Å²) in [5, 5.41) is 2.09. The van der Waals surface area contributed by atoms with E-state index in [0.29, 0.717) is 24.2 Å². The summed E-state index contributed by atoms with van der Waals surface area (Å²) in [6.45, 7) is 0.0301. The average Bonchev–Trinajstić information content (AvgIpc) is 2.41. The summed E-state index contributed by atoms with van der Waals surface area (Å²) in [5.41, 5.74) is 0.987. The van der Waals surface area contributed by atoms with Gasteiger partial charge in [0.25, 0.3) is 0 Å². The van der Waals surface area contributed by atoms with Gasteiger partial charge in [-0.3, -0.25) is 19.7 Å². The molecule has 1 fully saturated rings. The quantitative estimate of drug-likeness (QED) is 0.630. The molecule has 1 saturated heterocycles. The zero-order valence-corrected chi connectivity index (χ0v) is 10.9. The molecular weight excluding hydrogens is 266 g/mol. The van der Waals surface area contributed by atoms with Crippen LogP contribution in [0.3, 0.4) is 0 Å². The molecule has 1 heterocycles. The second-order valence-corrected chi connectivity index (χ2v) is 5.23. The highest BCUT2D eigenvalue weighted by Crippen LogP contribution is 2.21. The molecule has 6 heteroatoms. The fourth-order valence-corrected chi connectivity index (χ4v) is 2.67. The van der Waals surface area contributed by atoms with Crippen molar-refractivity contribution in [1.82, 2.24) is 5.32 Å². The van der Waals surface area contributed by atoms with Crippen LogP contribution in [0.1, 0.15) is 5.56 Å². The number of nitrogens with one attached hydrogen (secondary N) is 1. The largest absolute Gasteiger partial charge is 0.486 e. The molecule has 1 atom stereocenters. The number of imide groups is 1. The first kappa shape index (κ1) is 13.6. The van der Waals surface area contributed by atoms with Crippen molar-refractivity contribution in [3.8, 4) is 5.75 Å². The van der Waals surface area contributed by atoms with Crippen LogP contribution >= 0.6 is 11.8 Å². The molecule has 1 aromatic rings. The van der Waals surface area contributed by atoms with Crippen LogP contribution in [0, 0.1) is 0 Å². The molecule has 5 nitrogen and oxygen atoms in total. The van der Waals surface area contributed by atoms with E-state index in [2.05, 4.69) is 5.32 Å². The lowest BCUT2D eigenvalue weighted by Crippen LogP contribution is -2.44. The van der Waals surface area contributed by atoms with Crippen molar-refractivity contribution in [2.24, 2.45) is 0 Å². The van der Waals surface area contributed by atoms with E-state index in [4.69, 9.17) is 4.74 Å². The van der Waals surface area contributed by atoms with Gasteiger partial charge >= 0.3 is 0 Å². The number of thioether (sulfide) groups is 1. The third-order valence-corrected chi connectivity index (χ3v) is 3.85. The van der Waals surface area contributed by atoms with Crippen LogP contribution in [-0.4, -0.2) is 35.7 Å². The number of amides is 2. The second kappa shape index (κ2) is 6.38. The molecule has 1 aliphatic heterocycles. The average molecular weight is 279 g/mol. The van der Waals surface area contributed by atoms with Crippen LogP contribution in [0.4, 0.5) is 0 Å². The van der Waals surface area contributed by atoms with E-state index in [1.165, 1.54) is 11.8 Å². The van der Waals surface area contributed by atoms with E-state index in [1.807, 2.05) is 12.1 Å². The minimum absolute atomic E-state index is 0.0301. The van der Waals surface area contributed by atoms with Crippen LogP contribution in [0.25, 0.3) is 0 Å². The summed E-state index contributed by atoms with van der Waals surface area (Å²) in [6.07, 6.45) is 1.26. The molecule has 1 N–H and O–H groups in total. The van der Waals surface area contributed by atoms with Gasteiger partial charge in [-0.05, 0) is 24.1 Å². The first-order valence-electron chi connectivity index (χ1n) is 5.79. The number of hydrogen-bond acceptors (Lipinski definition) is 5. The van der Waals surface area contributed by atoms with Crippen molar-refractivity contribution in [1.29, 1.82) is 0 Å². The van der Waals surface area contributed by atoms with E-state index >= 15 is 0 Å². The molecule has 0 bridgehead atoms. The standard InChI is InChI=1S/C13H13NO4S/c15-5-6-18-10-3-1-9(2-4-10)7-11-13(17)14-12(16)8-19-11/h1-5,11H,6-8H2,(H,14,16,17). The fourth-order valence-electron chi connectivity index (χ4n) is 1.72. The summed E-state index contributed by atoms with van der Waals surface area (Å²) < 4.78 is 5.14. The number of aldehydes is 1. The number of hydrogen-bond donors (Lipinski definition) is 1. The fraction of sp³-hybridized carbons (Fsp3) is 0.308. The summed E-state index contributed by atoms with van der Waals surface area (Å²) in [5.74, 6) is 0.467. The zero-order chi connectivity index (χ0) is 13.7. The van der Waals surface area contributed by atoms with Gasteiger partial charge in [-0.25, -0.2) is 0 Å². The number of carbonyl (C=O) groups is 3. The molecular formula is C13H13NO4S. The molecule has 2 rings (SSSR count). The smallest absolute Gasteiger partial charge is 0.240 e. The third kappa shape index (κ3) is 3.82. The molecule has 0 spiro atoms. The third-order valence-electron chi connectivity index (χ3n) is 2.63. The lowest BCUT2D eigenvalue weighted by Gasteiger charge is -2.20. The topological polar surface area (TPSA) is 72.5 Å². The maximum Gasteiger partial charge on any atom is 0.240 e. The summed E-state index contributed by atoms with van der Waals surface area (Å²) in [7, 11) is 0. The van der Waals surface area contributed by atoms with Crippen LogP contribution in [0.15, 0.2) is 24.3 Å². The van der Waals surface area contributed by atoms with E-state index in [0.717, 1.165) is 5.56 Å². The van der Waals surface area contributed by atoms with Crippen molar-refractivity contribution < 1.29 is 19.1 Å². The summed E-state index contributed by atoms with van der Waals surface area (Å²) in [4.78, 5) is 32.8. The number of benzene rings is 1. The first-order chi connectivity index (χ1) is 9.19. The molecule has 1 aromatic carbocycles. The highest BCUT2D eigenvalue weighted by molar-refractivity contribution is 8.01. The minimum Gasteiger partial charge on any atom is -0.486 e. The monoisotopic (exact) mass is 279 g/mol. The highest BCUT2D eigenvalue weighted by Gasteiger charge is 2.27. The van der Waals surface area contributed by atoms with Gasteiger partial charge in [0.05, 0.1) is 11.0 Å². The van der Waals surface area contributed by atoms with Crippen LogP contribution in [0.2, 0.25) is 0 Å². The van der Waals surface area contributed by atoms with Crippen LogP contribution < -0.4 is 10.1 Å². The van der Waals surface area contributed by atoms with Gasteiger partial charge in [-0.2, -0.15) is 0 Å². The molecule has 19 heavy (non-hydrogen) atoms. The Kier molecular flexibility index (Phi) is 4.57. The Morgan fingerprint density at radius 1 is 1.32 bits per heavy atom. The van der Waals surface area contributed by atoms with Crippen molar-refractivity contribution in [2.75, 3.05) is 12.4 Å². The Bertz CT molecular complexity index is 486. The molecule has 2 amide bonds. The summed E-state index contributed by atoms with van der Waals surface area (Å²) >= 11 is 1.35. The molecule has 100 valence electrons. The van der Waals surface area contributed by atoms with E-state index in [1.54, 1.807) is 12.1 Å². The van der Waals surface area contributed by atoms with Crippen LogP contribution in [-0.2, 0) is 20.8 Å². The Morgan fingerprint density at radius 2 is 2.05 bits per heavy atom. The SMILES string of the molecule is O=CCOc1ccc(CC2SCC(=O)NC2=O)cc1. The number of rotatable bonds is 5. The Balaban J connectivity index is 1.93. The van der Waals surface area contributed by atoms with Gasteiger partial charge < -0.3 is 4.74 Å². The van der Waals surface area contributed by atoms with Crippen molar-refractivity contribution in [3.05, 3.63) is 29.8 Å². The van der Waals surface area contributed by atoms with Crippen molar-refractivity contribution >= 4 is 29.9 Å². The van der Waals surface area contributed by atoms with Gasteiger partial charge in [0, 0.05) is 0 Å². The normalized spacial score (nSPS) is 18.8. The maximum atomic E-state index is 11.6. The van der Waals surface area contributed by atoms with Gasteiger partial charge in [0.1, 0.15) is 12.4 Å². The van der Waals surface area contributed by atoms with E-state index in [9.17, 15) is 14.4 Å². The first-order valence-corrected chi connectivity index (χ1v) is 6.84. The Labute approximate surface area is 114 Å². The highest BCUT2D eigenvalue weighted by atomic mass is 32.2. The summed E-state index contributed by atoms with van der Waals surface area (Å²) in [6, 6.07) is 7.22. The lowest BCUT2D eigenvalue weighted by atomic mass is 10.1. The number of carbonyl (C=O) groups excluding carboxylic acids is 3. The molecule has 1 aliphatic rings. The molecule has 0 aromatic heterocycles. The van der Waals surface area contributed by atoms with E-state index in [-0.39, 0.29) is 23.7 Å². The minimum atomic E-state index is -0.237. The van der Waals surface area contributed by atoms with Crippen LogP contribution in [0.5, 0.6) is 5.75 Å². The molecule has 1 unspecified atom stereocenters. The predicted octanol–water partition coefficient (Wildman–Crippen LogP) is 0.565. The van der Waals surface area contributed by atoms with E-state index < -0.39 is 0 Å². The number of ether oxygens (including phenoxy) is 1. The van der Waals surface area contributed by atoms with Gasteiger partial charge in [0.2, 0.25) is 11.8 Å². The van der Waals surface area contributed by atoms with Gasteiger partial charge in [-0.15, -0.1) is 11.8 Å². The zero-order valence-electron chi connectivity index (χ0n) is 10.1. The molecule has 0 aliphatic carbocycles. The lowest BCUT2D eigenvalue weighted by molar-refractivity contribution is -0.129. The van der Waals surface area contributed by atoms with Gasteiger partial charge in [0.15, 0.2) is 6.29 Å². The van der Waals surface area contributed by atoms with Crippen molar-refractivity contribution in [2.45, 2.75) is 11.7 Å². The maximum absolute atomic E-state index is 11.6. The van der Waals surface area contributed by atoms with Crippen molar-refractivity contribution in [3.63, 3.8) is 0 Å². The molecule has 0 radical (unpaired) electrons. The predicted molar refractivity (Wildman–Crippen MR) is 71.1 cm³/mol.